The highest BCUT2D eigenvalue weighted by Crippen LogP contribution is 2.38. The SMILES string of the molecule is CC(C)CS(=O)(=O)N(C[C@@H](CNS(=O)(=O)c1cccs1)Nc1ccc([C@](C)(O)C(F)(F)F)cc1)c1ccccc1. The predicted molar refractivity (Wildman–Crippen MR) is 151 cm³/mol. The van der Waals surface area contributed by atoms with Gasteiger partial charge in [0.15, 0.2) is 5.60 Å². The average molecular weight is 620 g/mol. The van der Waals surface area contributed by atoms with Crippen molar-refractivity contribution in [1.82, 2.24) is 4.72 Å². The van der Waals surface area contributed by atoms with Gasteiger partial charge in [-0.3, -0.25) is 4.31 Å². The van der Waals surface area contributed by atoms with Gasteiger partial charge in [-0.1, -0.05) is 50.2 Å². The molecule has 0 saturated heterocycles. The molecule has 0 fully saturated rings. The molecule has 3 N–H and O–H groups in total. The van der Waals surface area contributed by atoms with Crippen LogP contribution in [0.15, 0.2) is 76.3 Å². The summed E-state index contributed by atoms with van der Waals surface area (Å²) >= 11 is 1.02. The van der Waals surface area contributed by atoms with Crippen LogP contribution in [0.3, 0.4) is 0 Å². The van der Waals surface area contributed by atoms with Crippen molar-refractivity contribution in [1.29, 1.82) is 0 Å². The van der Waals surface area contributed by atoms with Gasteiger partial charge in [0.2, 0.25) is 20.0 Å². The zero-order chi connectivity index (χ0) is 29.8. The topological polar surface area (TPSA) is 116 Å². The quantitative estimate of drug-likeness (QED) is 0.254. The largest absolute Gasteiger partial charge is 0.421 e. The van der Waals surface area contributed by atoms with Crippen molar-refractivity contribution in [2.24, 2.45) is 5.92 Å². The van der Waals surface area contributed by atoms with E-state index in [-0.39, 0.29) is 34.5 Å². The van der Waals surface area contributed by atoms with Crippen LogP contribution in [-0.4, -0.2) is 53.0 Å². The zero-order valence-corrected chi connectivity index (χ0v) is 24.5. The van der Waals surface area contributed by atoms with E-state index >= 15 is 0 Å². The summed E-state index contributed by atoms with van der Waals surface area (Å²) in [5.41, 5.74) is -2.77. The predicted octanol–water partition coefficient (Wildman–Crippen LogP) is 4.77. The third-order valence-corrected chi connectivity index (χ3v) is 10.9. The first-order valence-electron chi connectivity index (χ1n) is 12.3. The highest BCUT2D eigenvalue weighted by Gasteiger charge is 2.51. The second kappa shape index (κ2) is 12.5. The van der Waals surface area contributed by atoms with Gasteiger partial charge in [0.05, 0.1) is 24.0 Å². The van der Waals surface area contributed by atoms with Crippen LogP contribution in [-0.2, 0) is 25.6 Å². The molecule has 2 atom stereocenters. The lowest BCUT2D eigenvalue weighted by molar-refractivity contribution is -0.258. The van der Waals surface area contributed by atoms with Gasteiger partial charge in [-0.25, -0.2) is 21.6 Å². The fourth-order valence-corrected chi connectivity index (χ4v) is 7.83. The van der Waals surface area contributed by atoms with E-state index in [0.717, 1.165) is 23.5 Å². The lowest BCUT2D eigenvalue weighted by Gasteiger charge is -2.31. The third-order valence-electron chi connectivity index (χ3n) is 5.96. The lowest BCUT2D eigenvalue weighted by Crippen LogP contribution is -2.47. The number of nitrogens with zero attached hydrogens (tertiary/aromatic N) is 1. The van der Waals surface area contributed by atoms with E-state index in [9.17, 15) is 35.1 Å². The molecule has 0 unspecified atom stereocenters. The molecule has 0 aliphatic carbocycles. The molecule has 0 amide bonds. The van der Waals surface area contributed by atoms with Gasteiger partial charge < -0.3 is 10.4 Å². The van der Waals surface area contributed by atoms with Crippen molar-refractivity contribution >= 4 is 42.8 Å². The Labute approximate surface area is 237 Å². The molecule has 0 saturated carbocycles. The monoisotopic (exact) mass is 619 g/mol. The molecule has 0 spiro atoms. The van der Waals surface area contributed by atoms with Crippen LogP contribution in [0.4, 0.5) is 24.5 Å². The minimum absolute atomic E-state index is 0.0809. The molecule has 3 aromatic rings. The Kier molecular flexibility index (Phi) is 9.94. The summed E-state index contributed by atoms with van der Waals surface area (Å²) in [6, 6.07) is 15.4. The molecule has 0 aliphatic heterocycles. The molecule has 0 bridgehead atoms. The number of halogens is 3. The van der Waals surface area contributed by atoms with E-state index in [2.05, 4.69) is 10.0 Å². The number of rotatable bonds is 13. The maximum absolute atomic E-state index is 13.4. The second-order valence-electron chi connectivity index (χ2n) is 9.81. The van der Waals surface area contributed by atoms with Crippen LogP contribution >= 0.6 is 11.3 Å². The van der Waals surface area contributed by atoms with Crippen LogP contribution in [0, 0.1) is 5.92 Å². The molecule has 0 aliphatic rings. The van der Waals surface area contributed by atoms with E-state index in [0.29, 0.717) is 18.3 Å². The van der Waals surface area contributed by atoms with Gasteiger partial charge in [0.25, 0.3) is 0 Å². The highest BCUT2D eigenvalue weighted by molar-refractivity contribution is 7.92. The van der Waals surface area contributed by atoms with E-state index in [1.54, 1.807) is 55.6 Å². The Morgan fingerprint density at radius 2 is 1.57 bits per heavy atom. The fourth-order valence-electron chi connectivity index (χ4n) is 3.83. The van der Waals surface area contributed by atoms with Crippen LogP contribution < -0.4 is 14.3 Å². The minimum Gasteiger partial charge on any atom is -0.379 e. The Balaban J connectivity index is 1.94. The summed E-state index contributed by atoms with van der Waals surface area (Å²) in [6.07, 6.45) is -4.90. The Bertz CT molecular complexity index is 1440. The number of para-hydroxylation sites is 1. The van der Waals surface area contributed by atoms with Crippen molar-refractivity contribution in [3.8, 4) is 0 Å². The lowest BCUT2D eigenvalue weighted by atomic mass is 9.95. The normalized spacial score (nSPS) is 15.0. The number of hydrogen-bond acceptors (Lipinski definition) is 7. The van der Waals surface area contributed by atoms with Crippen molar-refractivity contribution in [2.75, 3.05) is 28.5 Å². The van der Waals surface area contributed by atoms with Gasteiger partial charge in [0, 0.05) is 12.2 Å². The van der Waals surface area contributed by atoms with Gasteiger partial charge >= 0.3 is 6.18 Å². The average Bonchev–Trinajstić information content (AvgIpc) is 3.41. The Morgan fingerprint density at radius 3 is 2.10 bits per heavy atom. The van der Waals surface area contributed by atoms with E-state index in [1.165, 1.54) is 22.5 Å². The fraction of sp³-hybridized carbons (Fsp3) is 0.385. The first kappa shape index (κ1) is 31.9. The van der Waals surface area contributed by atoms with Crippen LogP contribution in [0.1, 0.15) is 26.3 Å². The molecule has 40 heavy (non-hydrogen) atoms. The first-order valence-corrected chi connectivity index (χ1v) is 16.2. The molecular weight excluding hydrogens is 587 g/mol. The van der Waals surface area contributed by atoms with Gasteiger partial charge in [0.1, 0.15) is 4.21 Å². The summed E-state index contributed by atoms with van der Waals surface area (Å²) in [7, 11) is -7.74. The number of hydrogen-bond donors (Lipinski definition) is 3. The van der Waals surface area contributed by atoms with Gasteiger partial charge in [-0.2, -0.15) is 13.2 Å². The highest BCUT2D eigenvalue weighted by atomic mass is 32.2. The number of benzene rings is 2. The molecule has 0 radical (unpaired) electrons. The third kappa shape index (κ3) is 7.97. The van der Waals surface area contributed by atoms with Crippen molar-refractivity contribution in [3.05, 3.63) is 77.7 Å². The number of anilines is 2. The van der Waals surface area contributed by atoms with Crippen molar-refractivity contribution in [3.63, 3.8) is 0 Å². The molecule has 2 aromatic carbocycles. The summed E-state index contributed by atoms with van der Waals surface area (Å²) in [5, 5.41) is 14.6. The minimum atomic E-state index is -4.90. The summed E-state index contributed by atoms with van der Waals surface area (Å²) < 4.78 is 96.0. The number of aliphatic hydroxyl groups is 1. The summed E-state index contributed by atoms with van der Waals surface area (Å²) in [4.78, 5) is 0. The van der Waals surface area contributed by atoms with Crippen LogP contribution in [0.25, 0.3) is 0 Å². The zero-order valence-electron chi connectivity index (χ0n) is 22.1. The maximum Gasteiger partial charge on any atom is 0.421 e. The van der Waals surface area contributed by atoms with Crippen molar-refractivity contribution in [2.45, 2.75) is 42.8 Å². The molecule has 1 heterocycles. The van der Waals surface area contributed by atoms with E-state index < -0.39 is 37.9 Å². The van der Waals surface area contributed by atoms with Crippen LogP contribution in [0.5, 0.6) is 0 Å². The molecule has 3 rings (SSSR count). The molecule has 8 nitrogen and oxygen atoms in total. The summed E-state index contributed by atoms with van der Waals surface area (Å²) in [6.45, 7) is 3.76. The maximum atomic E-state index is 13.4. The first-order chi connectivity index (χ1) is 18.5. The molecule has 14 heteroatoms. The van der Waals surface area contributed by atoms with Crippen molar-refractivity contribution < 1.29 is 35.1 Å². The number of sulfonamides is 2. The Morgan fingerprint density at radius 1 is 0.950 bits per heavy atom. The number of thiophene rings is 1. The number of alkyl halides is 3. The second-order valence-corrected chi connectivity index (χ2v) is 14.7. The summed E-state index contributed by atoms with van der Waals surface area (Å²) in [5.74, 6) is -0.342. The van der Waals surface area contributed by atoms with E-state index in [1.807, 2.05) is 0 Å². The molecule has 1 aromatic heterocycles. The standard InChI is InChI=1S/C26H32F3N3O5S3/c1-19(2)18-39(34,35)32(23-8-5-4-6-9-23)17-22(16-30-40(36,37)24-10-7-15-38-24)31-21-13-11-20(12-14-21)25(3,33)26(27,28)29/h4-15,19,22,30-31,33H,16-18H2,1-3H3/t22-,25+/m1/s1. The smallest absolute Gasteiger partial charge is 0.379 e. The van der Waals surface area contributed by atoms with Gasteiger partial charge in [-0.15, -0.1) is 11.3 Å². The van der Waals surface area contributed by atoms with E-state index in [4.69, 9.17) is 0 Å². The molecular formula is C26H32F3N3O5S3. The van der Waals surface area contributed by atoms with Gasteiger partial charge in [-0.05, 0) is 54.1 Å². The van der Waals surface area contributed by atoms with Crippen LogP contribution in [0.2, 0.25) is 0 Å². The Hall–Kier alpha value is -2.65. The molecule has 220 valence electrons. The number of nitrogens with one attached hydrogen (secondary N) is 2.